The fourth-order valence-corrected chi connectivity index (χ4v) is 8.28. The van der Waals surface area contributed by atoms with Gasteiger partial charge in [0.05, 0.1) is 41.4 Å². The van der Waals surface area contributed by atoms with E-state index < -0.39 is 24.5 Å². The number of thiophene rings is 1. The van der Waals surface area contributed by atoms with Gasteiger partial charge >= 0.3 is 0 Å². The summed E-state index contributed by atoms with van der Waals surface area (Å²) in [6, 6.07) is 8.16. The molecular formula is C32H34F3N6O2SU-. The molecule has 13 heteroatoms. The Labute approximate surface area is 287 Å². The average Bonchev–Trinajstić information content (AvgIpc) is 3.20. The topological polar surface area (TPSA) is 110 Å². The van der Waals surface area contributed by atoms with Gasteiger partial charge in [-0.05, 0) is 61.3 Å². The van der Waals surface area contributed by atoms with Crippen LogP contribution in [0.3, 0.4) is 0 Å². The van der Waals surface area contributed by atoms with Crippen LogP contribution in [0.5, 0.6) is 0 Å². The third-order valence-electron chi connectivity index (χ3n) is 9.40. The number of hydrogen-bond donors (Lipinski definition) is 3. The fraction of sp³-hybridized carbons (Fsp3) is 0.469. The Balaban J connectivity index is 0.000000306. The first-order chi connectivity index (χ1) is 21.2. The number of ether oxygens (including phenoxy) is 1. The van der Waals surface area contributed by atoms with E-state index in [1.54, 1.807) is 6.07 Å². The molecule has 1 unspecified atom stereocenters. The van der Waals surface area contributed by atoms with Crippen LogP contribution in [-0.2, 0) is 4.74 Å². The molecule has 3 saturated heterocycles. The minimum atomic E-state index is -1.20. The van der Waals surface area contributed by atoms with Crippen molar-refractivity contribution in [2.45, 2.75) is 57.8 Å². The number of rotatable bonds is 1. The summed E-state index contributed by atoms with van der Waals surface area (Å²) in [6.07, 6.45) is 0.379. The molecule has 8 nitrogen and oxygen atoms in total. The molecule has 0 radical (unpaired) electrons. The summed E-state index contributed by atoms with van der Waals surface area (Å²) >= 11 is 1.06. The molecule has 4 fully saturated rings. The van der Waals surface area contributed by atoms with Crippen LogP contribution in [-0.4, -0.2) is 78.3 Å². The van der Waals surface area contributed by atoms with E-state index in [1.165, 1.54) is 18.5 Å². The van der Waals surface area contributed by atoms with Crippen LogP contribution >= 0.6 is 11.3 Å². The largest absolute Gasteiger partial charge is 0.451 e. The van der Waals surface area contributed by atoms with Crippen LogP contribution < -0.4 is 11.1 Å². The van der Waals surface area contributed by atoms with Gasteiger partial charge < -0.3 is 30.7 Å². The SMILES string of the molecule is Cc1cc2c(c(C)c1-c1ccc(F)c3sc(N)c(C#N)c13)NC(O)N=C2N1CCOC[C@H]2[C@H](F)[C@H]21.F[C@@H]1C[C-]2CCCN2C1.[U]. The molecule has 2 aromatic carbocycles. The number of halogens is 3. The second kappa shape index (κ2) is 12.7. The van der Waals surface area contributed by atoms with Crippen LogP contribution in [0, 0.1) is 74.1 Å². The normalized spacial score (nSPS) is 27.2. The van der Waals surface area contributed by atoms with Gasteiger partial charge in [0.15, 0.2) is 0 Å². The molecule has 4 N–H and O–H groups in total. The average molecular weight is 862 g/mol. The van der Waals surface area contributed by atoms with Crippen molar-refractivity contribution in [2.75, 3.05) is 43.9 Å². The van der Waals surface area contributed by atoms with Crippen molar-refractivity contribution in [1.82, 2.24) is 9.80 Å². The van der Waals surface area contributed by atoms with Crippen LogP contribution in [0.1, 0.15) is 41.5 Å². The molecule has 0 spiro atoms. The molecule has 1 aliphatic carbocycles. The van der Waals surface area contributed by atoms with Crippen LogP contribution in [0.25, 0.3) is 21.2 Å². The quantitative estimate of drug-likeness (QED) is 0.287. The smallest absolute Gasteiger partial charge is 0.225 e. The number of nitrogens with two attached hydrogens (primary N) is 1. The number of nitrogen functional groups attached to an aromatic ring is 1. The molecule has 4 aliphatic heterocycles. The van der Waals surface area contributed by atoms with Gasteiger partial charge in [-0.25, -0.2) is 24.2 Å². The van der Waals surface area contributed by atoms with Crippen molar-refractivity contribution in [3.05, 3.63) is 52.3 Å². The Morgan fingerprint density at radius 3 is 2.80 bits per heavy atom. The number of benzene rings is 2. The van der Waals surface area contributed by atoms with Crippen LogP contribution in [0.4, 0.5) is 23.9 Å². The second-order valence-corrected chi connectivity index (χ2v) is 13.2. The Bertz CT molecular complexity index is 1700. The van der Waals surface area contributed by atoms with Gasteiger partial charge in [0.1, 0.15) is 28.9 Å². The monoisotopic (exact) mass is 861 g/mol. The maximum absolute atomic E-state index is 14.6. The number of nitrogens with zero attached hydrogens (tertiary/aromatic N) is 4. The summed E-state index contributed by atoms with van der Waals surface area (Å²) in [4.78, 5) is 8.54. The summed E-state index contributed by atoms with van der Waals surface area (Å²) < 4.78 is 47.6. The first-order valence-electron chi connectivity index (χ1n) is 15.0. The second-order valence-electron chi connectivity index (χ2n) is 12.1. The molecular weight excluding hydrogens is 827 g/mol. The van der Waals surface area contributed by atoms with E-state index in [-0.39, 0.29) is 53.6 Å². The van der Waals surface area contributed by atoms with Gasteiger partial charge in [-0.1, -0.05) is 12.5 Å². The third-order valence-corrected chi connectivity index (χ3v) is 10.4. The molecule has 1 aromatic heterocycles. The van der Waals surface area contributed by atoms with Gasteiger partial charge in [0.25, 0.3) is 0 Å². The number of nitriles is 1. The van der Waals surface area contributed by atoms with E-state index in [0.717, 1.165) is 53.0 Å². The predicted molar refractivity (Wildman–Crippen MR) is 165 cm³/mol. The van der Waals surface area contributed by atoms with Gasteiger partial charge in [-0.15, -0.1) is 17.8 Å². The van der Waals surface area contributed by atoms with Crippen LogP contribution in [0.2, 0.25) is 0 Å². The standard InChI is InChI=1S/C25H23F2N5O2S.C7H11FN.U/c1-10-7-13-20(30-25(33)31-24(13)32-5-6-34-9-15-19(27)21(15)32)11(2)17(10)12-3-4-16(26)22-18(12)14(8-28)23(29)35-22;8-6-4-7-2-1-3-9(7)5-6;/h3-4,7,15,19,21,25,30,33H,5-6,9,29H2,1-2H3;6H,1-5H2;/q;-1;/t15-,19-,21-,25?;6-;/m01./s1. The number of aryl methyl sites for hydroxylation is 1. The Kier molecular flexibility index (Phi) is 9.21. The van der Waals surface area contributed by atoms with E-state index >= 15 is 0 Å². The number of aliphatic hydroxyl groups is 1. The Hall–Kier alpha value is -2.32. The first kappa shape index (κ1) is 32.6. The number of fused-ring (bicyclic) bond motifs is 4. The summed E-state index contributed by atoms with van der Waals surface area (Å²) in [5.74, 6) is -0.0918. The zero-order valence-electron chi connectivity index (χ0n) is 25.0. The summed E-state index contributed by atoms with van der Waals surface area (Å²) in [5.41, 5.74) is 10.9. The van der Waals surface area contributed by atoms with E-state index in [1.807, 2.05) is 24.8 Å². The van der Waals surface area contributed by atoms with Gasteiger partial charge in [-0.3, -0.25) is 0 Å². The summed E-state index contributed by atoms with van der Waals surface area (Å²) in [5, 5.41) is 24.1. The Morgan fingerprint density at radius 1 is 1.24 bits per heavy atom. The number of aliphatic imine (C=N–C) groups is 1. The van der Waals surface area contributed by atoms with Crippen molar-refractivity contribution in [3.63, 3.8) is 0 Å². The molecule has 3 aromatic rings. The molecule has 8 rings (SSSR count). The van der Waals surface area contributed by atoms with Gasteiger partial charge in [0.2, 0.25) is 6.35 Å². The zero-order chi connectivity index (χ0) is 30.9. The number of nitrogens with one attached hydrogen (secondary N) is 1. The summed E-state index contributed by atoms with van der Waals surface area (Å²) in [6.45, 7) is 6.94. The maximum Gasteiger partial charge on any atom is 0.225 e. The maximum atomic E-state index is 14.6. The van der Waals surface area contributed by atoms with Crippen molar-refractivity contribution in [1.29, 1.82) is 5.26 Å². The molecule has 5 atom stereocenters. The molecule has 1 saturated carbocycles. The minimum Gasteiger partial charge on any atom is -0.451 e. The number of hydrogen-bond acceptors (Lipinski definition) is 9. The number of aliphatic hydroxyl groups excluding tert-OH is 1. The van der Waals surface area contributed by atoms with Crippen molar-refractivity contribution < 1.29 is 54.1 Å². The number of alkyl halides is 2. The van der Waals surface area contributed by atoms with E-state index in [0.29, 0.717) is 53.5 Å². The zero-order valence-corrected chi connectivity index (χ0v) is 30.0. The van der Waals surface area contributed by atoms with E-state index in [9.17, 15) is 23.5 Å². The van der Waals surface area contributed by atoms with Crippen molar-refractivity contribution >= 4 is 37.9 Å². The van der Waals surface area contributed by atoms with E-state index in [2.05, 4.69) is 21.3 Å². The third kappa shape index (κ3) is 5.66. The fourth-order valence-electron chi connectivity index (χ4n) is 7.33. The van der Waals surface area contributed by atoms with Crippen LogP contribution in [0.15, 0.2) is 23.2 Å². The van der Waals surface area contributed by atoms with Crippen molar-refractivity contribution in [2.24, 2.45) is 10.9 Å². The minimum absolute atomic E-state index is 0. The van der Waals surface area contributed by atoms with Gasteiger partial charge in [0, 0.05) is 54.5 Å². The molecule has 236 valence electrons. The molecule has 45 heavy (non-hydrogen) atoms. The first-order valence-corrected chi connectivity index (χ1v) is 15.8. The van der Waals surface area contributed by atoms with Crippen molar-refractivity contribution in [3.8, 4) is 17.2 Å². The molecule has 0 amide bonds. The van der Waals surface area contributed by atoms with E-state index in [4.69, 9.17) is 10.5 Å². The molecule has 5 aliphatic rings. The summed E-state index contributed by atoms with van der Waals surface area (Å²) in [7, 11) is 0. The molecule has 5 heterocycles. The Morgan fingerprint density at radius 2 is 2.04 bits per heavy atom. The predicted octanol–water partition coefficient (Wildman–Crippen LogP) is 5.25. The molecule has 0 bridgehead atoms. The van der Waals surface area contributed by atoms with Gasteiger partial charge in [-0.2, -0.15) is 11.7 Å². The number of anilines is 2. The number of amidine groups is 1.